The van der Waals surface area contributed by atoms with Crippen LogP contribution < -0.4 is 0 Å². The summed E-state index contributed by atoms with van der Waals surface area (Å²) < 4.78 is 0. The number of carbonyl (C=O) groups is 1. The molecule has 7 nitrogen and oxygen atoms in total. The van der Waals surface area contributed by atoms with Crippen LogP contribution in [0, 0.1) is 0 Å². The first-order chi connectivity index (χ1) is 7.12. The molecule has 1 aliphatic heterocycles. The van der Waals surface area contributed by atoms with Gasteiger partial charge in [-0.2, -0.15) is 0 Å². The molecule has 1 saturated carbocycles. The minimum absolute atomic E-state index is 0.313. The van der Waals surface area contributed by atoms with Crippen LogP contribution >= 0.6 is 0 Å². The molecule has 15 heavy (non-hydrogen) atoms. The first-order valence-corrected chi connectivity index (χ1v) is 4.84. The largest absolute Gasteiger partial charge is 0.465 e. The number of aliphatic hydroxyl groups is 1. The fourth-order valence-corrected chi connectivity index (χ4v) is 2.38. The number of rotatable bonds is 1. The zero-order valence-electron chi connectivity index (χ0n) is 8.07. The van der Waals surface area contributed by atoms with Crippen molar-refractivity contribution < 1.29 is 15.0 Å². The van der Waals surface area contributed by atoms with E-state index in [0.717, 1.165) is 0 Å². The maximum Gasteiger partial charge on any atom is 0.407 e. The van der Waals surface area contributed by atoms with Crippen molar-refractivity contribution in [2.24, 2.45) is 5.11 Å². The number of hydrogen-bond donors (Lipinski definition) is 2. The van der Waals surface area contributed by atoms with Gasteiger partial charge in [0.2, 0.25) is 0 Å². The number of nitrogens with zero attached hydrogens (tertiary/aromatic N) is 4. The summed E-state index contributed by atoms with van der Waals surface area (Å²) in [7, 11) is 0. The molecule has 2 atom stereocenters. The van der Waals surface area contributed by atoms with Gasteiger partial charge in [-0.25, -0.2) is 4.79 Å². The summed E-state index contributed by atoms with van der Waals surface area (Å²) in [5.74, 6) is 0. The molecular formula is C8H12N4O3. The van der Waals surface area contributed by atoms with Crippen molar-refractivity contribution >= 4 is 6.09 Å². The van der Waals surface area contributed by atoms with E-state index >= 15 is 0 Å². The molecule has 2 rings (SSSR count). The van der Waals surface area contributed by atoms with Gasteiger partial charge in [0.15, 0.2) is 0 Å². The summed E-state index contributed by atoms with van der Waals surface area (Å²) >= 11 is 0. The third-order valence-corrected chi connectivity index (χ3v) is 3.27. The Morgan fingerprint density at radius 1 is 1.60 bits per heavy atom. The van der Waals surface area contributed by atoms with Crippen LogP contribution in [-0.4, -0.2) is 45.4 Å². The van der Waals surface area contributed by atoms with E-state index < -0.39 is 23.8 Å². The van der Waals surface area contributed by atoms with Crippen molar-refractivity contribution in [3.05, 3.63) is 10.4 Å². The predicted molar refractivity (Wildman–Crippen MR) is 50.3 cm³/mol. The van der Waals surface area contributed by atoms with E-state index in [0.29, 0.717) is 25.8 Å². The van der Waals surface area contributed by atoms with E-state index in [1.807, 2.05) is 0 Å². The molecule has 0 radical (unpaired) electrons. The molecular weight excluding hydrogens is 200 g/mol. The zero-order chi connectivity index (χ0) is 11.1. The van der Waals surface area contributed by atoms with Crippen LogP contribution in [0.5, 0.6) is 0 Å². The molecule has 7 heteroatoms. The maximum absolute atomic E-state index is 11.0. The van der Waals surface area contributed by atoms with Gasteiger partial charge in [0.05, 0.1) is 17.7 Å². The number of hydrogen-bond acceptors (Lipinski definition) is 3. The fraction of sp³-hybridized carbons (Fsp3) is 0.875. The van der Waals surface area contributed by atoms with Gasteiger partial charge in [0.25, 0.3) is 0 Å². The number of carboxylic acid groups (broad SMARTS) is 1. The average Bonchev–Trinajstić information content (AvgIpc) is 2.93. The molecule has 1 saturated heterocycles. The van der Waals surface area contributed by atoms with Crippen LogP contribution in [0.2, 0.25) is 0 Å². The maximum atomic E-state index is 11.0. The minimum atomic E-state index is -1.00. The Labute approximate surface area is 85.9 Å². The number of likely N-dealkylation sites (tertiary alicyclic amines) is 1. The van der Waals surface area contributed by atoms with E-state index in [1.54, 1.807) is 0 Å². The van der Waals surface area contributed by atoms with Gasteiger partial charge in [-0.05, 0) is 24.8 Å². The topological polar surface area (TPSA) is 110 Å². The Morgan fingerprint density at radius 3 is 2.73 bits per heavy atom. The van der Waals surface area contributed by atoms with Crippen LogP contribution in [0.3, 0.4) is 0 Å². The monoisotopic (exact) mass is 212 g/mol. The van der Waals surface area contributed by atoms with Crippen molar-refractivity contribution in [2.45, 2.75) is 36.9 Å². The van der Waals surface area contributed by atoms with Crippen molar-refractivity contribution in [3.8, 4) is 0 Å². The third kappa shape index (κ3) is 1.40. The molecule has 2 aliphatic rings. The molecule has 0 bridgehead atoms. The molecule has 1 aliphatic carbocycles. The Balaban J connectivity index is 2.28. The molecule has 82 valence electrons. The molecule has 1 amide bonds. The highest BCUT2D eigenvalue weighted by Crippen LogP contribution is 2.49. The van der Waals surface area contributed by atoms with Gasteiger partial charge < -0.3 is 15.1 Å². The van der Waals surface area contributed by atoms with E-state index in [9.17, 15) is 9.90 Å². The lowest BCUT2D eigenvalue weighted by Gasteiger charge is -2.41. The summed E-state index contributed by atoms with van der Waals surface area (Å²) in [5.41, 5.74) is 7.77. The fourth-order valence-electron chi connectivity index (χ4n) is 2.38. The molecule has 0 unspecified atom stereocenters. The number of aliphatic hydroxyl groups excluding tert-OH is 1. The highest BCUT2D eigenvalue weighted by atomic mass is 16.4. The van der Waals surface area contributed by atoms with E-state index in [2.05, 4.69) is 10.0 Å². The van der Waals surface area contributed by atoms with Crippen LogP contribution in [-0.2, 0) is 0 Å². The van der Waals surface area contributed by atoms with Gasteiger partial charge in [-0.3, -0.25) is 0 Å². The molecule has 2 N–H and O–H groups in total. The van der Waals surface area contributed by atoms with Crippen LogP contribution in [0.1, 0.15) is 19.3 Å². The predicted octanol–water partition coefficient (Wildman–Crippen LogP) is 0.943. The first kappa shape index (κ1) is 10.1. The lowest BCUT2D eigenvalue weighted by atomic mass is 9.92. The van der Waals surface area contributed by atoms with Gasteiger partial charge in [0.1, 0.15) is 0 Å². The van der Waals surface area contributed by atoms with E-state index in [4.69, 9.17) is 10.6 Å². The highest BCUT2D eigenvalue weighted by Gasteiger charge is 2.59. The highest BCUT2D eigenvalue weighted by molar-refractivity contribution is 5.67. The molecule has 1 heterocycles. The first-order valence-electron chi connectivity index (χ1n) is 4.84. The second-order valence-corrected chi connectivity index (χ2v) is 4.04. The second-order valence-electron chi connectivity index (χ2n) is 4.04. The van der Waals surface area contributed by atoms with Gasteiger partial charge in [0, 0.05) is 11.5 Å². The summed E-state index contributed by atoms with van der Waals surface area (Å²) in [6, 6.07) is -0.632. The van der Waals surface area contributed by atoms with Gasteiger partial charge >= 0.3 is 6.09 Å². The summed E-state index contributed by atoms with van der Waals surface area (Å²) in [5, 5.41) is 22.2. The molecule has 1 spiro atoms. The van der Waals surface area contributed by atoms with E-state index in [-0.39, 0.29) is 0 Å². The van der Waals surface area contributed by atoms with Crippen LogP contribution in [0.15, 0.2) is 5.11 Å². The van der Waals surface area contributed by atoms with Crippen molar-refractivity contribution in [3.63, 3.8) is 0 Å². The molecule has 0 aromatic rings. The van der Waals surface area contributed by atoms with Gasteiger partial charge in [-0.1, -0.05) is 5.11 Å². The lowest BCUT2D eigenvalue weighted by molar-refractivity contribution is 0.0149. The Hall–Kier alpha value is -1.46. The van der Waals surface area contributed by atoms with Crippen LogP contribution in [0.4, 0.5) is 4.79 Å². The second kappa shape index (κ2) is 3.29. The zero-order valence-corrected chi connectivity index (χ0v) is 8.07. The minimum Gasteiger partial charge on any atom is -0.465 e. The van der Waals surface area contributed by atoms with E-state index in [1.165, 1.54) is 4.90 Å². The standard InChI is InChI=1S/C8H12N4O3/c9-11-10-6-5(13)1-4-12(7(14)15)8(6)2-3-8/h5-6,13H,1-4H2,(H,14,15)/t5-,6+/m1/s1. The summed E-state index contributed by atoms with van der Waals surface area (Å²) in [6.45, 7) is 0.313. The Kier molecular flexibility index (Phi) is 2.21. The van der Waals surface area contributed by atoms with Gasteiger partial charge in [-0.15, -0.1) is 0 Å². The smallest absolute Gasteiger partial charge is 0.407 e. The average molecular weight is 212 g/mol. The number of piperidine rings is 1. The molecule has 0 aromatic carbocycles. The Morgan fingerprint density at radius 2 is 2.27 bits per heavy atom. The summed E-state index contributed by atoms with van der Waals surface area (Å²) in [6.07, 6.45) is -0.0609. The lowest BCUT2D eigenvalue weighted by Crippen LogP contribution is -2.57. The van der Waals surface area contributed by atoms with Crippen molar-refractivity contribution in [2.75, 3.05) is 6.54 Å². The summed E-state index contributed by atoms with van der Waals surface area (Å²) in [4.78, 5) is 15.0. The normalized spacial score (nSPS) is 32.2. The number of amides is 1. The van der Waals surface area contributed by atoms with Crippen molar-refractivity contribution in [1.29, 1.82) is 0 Å². The van der Waals surface area contributed by atoms with Crippen molar-refractivity contribution in [1.82, 2.24) is 4.90 Å². The number of azide groups is 1. The quantitative estimate of drug-likeness (QED) is 0.383. The molecule has 2 fully saturated rings. The Bertz CT molecular complexity index is 335. The molecule has 0 aromatic heterocycles. The third-order valence-electron chi connectivity index (χ3n) is 3.27. The van der Waals surface area contributed by atoms with Crippen LogP contribution in [0.25, 0.3) is 10.4 Å². The SMILES string of the molecule is [N-]=[N+]=N[C@H]1[C@H](O)CCN(C(=O)O)C12CC2.